The molecule has 2 aromatic rings. The van der Waals surface area contributed by atoms with E-state index in [1.807, 2.05) is 22.4 Å². The Bertz CT molecular complexity index is 695. The van der Waals surface area contributed by atoms with Crippen LogP contribution in [-0.4, -0.2) is 46.9 Å². The summed E-state index contributed by atoms with van der Waals surface area (Å²) in [7, 11) is 0. The van der Waals surface area contributed by atoms with Crippen LogP contribution in [0.2, 0.25) is 5.02 Å². The van der Waals surface area contributed by atoms with Gasteiger partial charge in [0.25, 0.3) is 5.91 Å². The zero-order valence-corrected chi connectivity index (χ0v) is 14.3. The summed E-state index contributed by atoms with van der Waals surface area (Å²) >= 11 is 7.40. The van der Waals surface area contributed by atoms with Crippen molar-refractivity contribution in [2.45, 2.75) is 13.0 Å². The summed E-state index contributed by atoms with van der Waals surface area (Å²) in [5.41, 5.74) is 3.89. The molecule has 120 valence electrons. The van der Waals surface area contributed by atoms with Crippen molar-refractivity contribution in [1.82, 2.24) is 14.8 Å². The molecule has 1 aromatic heterocycles. The second-order valence-electron chi connectivity index (χ2n) is 6.62. The molecule has 1 aromatic carbocycles. The lowest BCUT2D eigenvalue weighted by molar-refractivity contribution is 0.00256. The van der Waals surface area contributed by atoms with Gasteiger partial charge in [0.2, 0.25) is 0 Å². The molecule has 0 aliphatic carbocycles. The summed E-state index contributed by atoms with van der Waals surface area (Å²) < 4.78 is 0. The fourth-order valence-corrected chi connectivity index (χ4v) is 4.36. The normalized spacial score (nSPS) is 20.0. The predicted octanol–water partition coefficient (Wildman–Crippen LogP) is 3.14. The molecule has 0 N–H and O–H groups in total. The molecule has 0 atom stereocenters. The highest BCUT2D eigenvalue weighted by Crippen LogP contribution is 2.40. The van der Waals surface area contributed by atoms with Crippen LogP contribution in [0.25, 0.3) is 0 Å². The molecule has 2 saturated heterocycles. The first kappa shape index (κ1) is 15.1. The van der Waals surface area contributed by atoms with Crippen LogP contribution >= 0.6 is 22.9 Å². The summed E-state index contributed by atoms with van der Waals surface area (Å²) in [5.74, 6) is 0.0827. The largest absolute Gasteiger partial charge is 0.337 e. The average Bonchev–Trinajstić information content (AvgIpc) is 3.18. The maximum Gasteiger partial charge on any atom is 0.273 e. The lowest BCUT2D eigenvalue weighted by Crippen LogP contribution is -2.57. The number of aromatic nitrogens is 1. The van der Waals surface area contributed by atoms with Crippen molar-refractivity contribution in [1.29, 1.82) is 0 Å². The van der Waals surface area contributed by atoms with Crippen molar-refractivity contribution in [3.05, 3.63) is 51.4 Å². The highest BCUT2D eigenvalue weighted by molar-refractivity contribution is 7.07. The van der Waals surface area contributed by atoms with E-state index in [9.17, 15) is 4.79 Å². The average molecular weight is 348 g/mol. The maximum absolute atomic E-state index is 12.4. The van der Waals surface area contributed by atoms with Crippen LogP contribution in [0.15, 0.2) is 35.2 Å². The molecule has 0 radical (unpaired) electrons. The number of amides is 1. The molecule has 0 saturated carbocycles. The van der Waals surface area contributed by atoms with Gasteiger partial charge < -0.3 is 4.90 Å². The molecule has 4 rings (SSSR count). The molecule has 0 unspecified atom stereocenters. The third-order valence-electron chi connectivity index (χ3n) is 4.81. The second-order valence-corrected chi connectivity index (χ2v) is 7.78. The zero-order chi connectivity index (χ0) is 15.9. The highest BCUT2D eigenvalue weighted by Gasteiger charge is 2.48. The van der Waals surface area contributed by atoms with Gasteiger partial charge in [-0.15, -0.1) is 11.3 Å². The fourth-order valence-electron chi connectivity index (χ4n) is 3.71. The van der Waals surface area contributed by atoms with Crippen LogP contribution in [0.1, 0.15) is 22.5 Å². The second kappa shape index (κ2) is 5.89. The Kier molecular flexibility index (Phi) is 3.87. The fraction of sp³-hybridized carbons (Fsp3) is 0.412. The monoisotopic (exact) mass is 347 g/mol. The molecule has 4 nitrogen and oxygen atoms in total. The highest BCUT2D eigenvalue weighted by atomic mass is 35.5. The Morgan fingerprint density at radius 2 is 2.04 bits per heavy atom. The van der Waals surface area contributed by atoms with E-state index in [0.717, 1.165) is 44.2 Å². The van der Waals surface area contributed by atoms with Crippen molar-refractivity contribution in [2.24, 2.45) is 5.41 Å². The van der Waals surface area contributed by atoms with Crippen LogP contribution in [-0.2, 0) is 6.54 Å². The van der Waals surface area contributed by atoms with Gasteiger partial charge in [0.05, 0.1) is 5.51 Å². The smallest absolute Gasteiger partial charge is 0.273 e. The van der Waals surface area contributed by atoms with Gasteiger partial charge in [-0.25, -0.2) is 4.98 Å². The number of thiazole rings is 1. The Hall–Kier alpha value is -1.43. The predicted molar refractivity (Wildman–Crippen MR) is 91.8 cm³/mol. The third-order valence-corrected chi connectivity index (χ3v) is 5.65. The summed E-state index contributed by atoms with van der Waals surface area (Å²) in [5, 5.41) is 2.61. The number of carbonyl (C=O) groups excluding carboxylic acids is 1. The summed E-state index contributed by atoms with van der Waals surface area (Å²) in [6.07, 6.45) is 1.10. The Morgan fingerprint density at radius 1 is 1.26 bits per heavy atom. The van der Waals surface area contributed by atoms with Crippen LogP contribution < -0.4 is 0 Å². The molecule has 2 fully saturated rings. The molecule has 2 aliphatic heterocycles. The molecule has 1 spiro atoms. The first-order valence-corrected chi connectivity index (χ1v) is 9.10. The van der Waals surface area contributed by atoms with Crippen molar-refractivity contribution in [3.63, 3.8) is 0 Å². The molecule has 1 amide bonds. The lowest BCUT2D eigenvalue weighted by atomic mass is 9.79. The number of hydrogen-bond acceptors (Lipinski definition) is 4. The van der Waals surface area contributed by atoms with Gasteiger partial charge in [-0.05, 0) is 24.1 Å². The lowest BCUT2D eigenvalue weighted by Gasteiger charge is -2.48. The van der Waals surface area contributed by atoms with Gasteiger partial charge in [-0.1, -0.05) is 23.7 Å². The van der Waals surface area contributed by atoms with E-state index in [4.69, 9.17) is 11.6 Å². The molecule has 3 heterocycles. The summed E-state index contributed by atoms with van der Waals surface area (Å²) in [6, 6.07) is 8.05. The number of nitrogens with zero attached hydrogens (tertiary/aromatic N) is 3. The van der Waals surface area contributed by atoms with E-state index in [0.29, 0.717) is 5.69 Å². The van der Waals surface area contributed by atoms with Crippen LogP contribution in [0, 0.1) is 5.41 Å². The topological polar surface area (TPSA) is 36.4 Å². The van der Waals surface area contributed by atoms with Crippen LogP contribution in [0.4, 0.5) is 0 Å². The quantitative estimate of drug-likeness (QED) is 0.855. The Labute approximate surface area is 144 Å². The number of halogens is 1. The van der Waals surface area contributed by atoms with Gasteiger partial charge in [0.1, 0.15) is 5.69 Å². The first-order valence-electron chi connectivity index (χ1n) is 7.78. The van der Waals surface area contributed by atoms with E-state index in [1.165, 1.54) is 16.9 Å². The number of rotatable bonds is 3. The van der Waals surface area contributed by atoms with Gasteiger partial charge in [0.15, 0.2) is 0 Å². The molecule has 23 heavy (non-hydrogen) atoms. The number of hydrogen-bond donors (Lipinski definition) is 0. The van der Waals surface area contributed by atoms with E-state index in [-0.39, 0.29) is 11.3 Å². The van der Waals surface area contributed by atoms with E-state index in [2.05, 4.69) is 22.0 Å². The molecule has 6 heteroatoms. The van der Waals surface area contributed by atoms with Crippen molar-refractivity contribution in [2.75, 3.05) is 26.2 Å². The van der Waals surface area contributed by atoms with Crippen LogP contribution in [0.3, 0.4) is 0 Å². The first-order chi connectivity index (χ1) is 11.1. The number of likely N-dealkylation sites (tertiary alicyclic amines) is 2. The molecule has 0 bridgehead atoms. The van der Waals surface area contributed by atoms with Gasteiger partial charge in [0, 0.05) is 48.5 Å². The summed E-state index contributed by atoms with van der Waals surface area (Å²) in [4.78, 5) is 20.9. The Morgan fingerprint density at radius 3 is 2.74 bits per heavy atom. The molecular weight excluding hydrogens is 330 g/mol. The number of benzene rings is 1. The van der Waals surface area contributed by atoms with E-state index < -0.39 is 0 Å². The maximum atomic E-state index is 12.4. The van der Waals surface area contributed by atoms with E-state index in [1.54, 1.807) is 5.51 Å². The number of carbonyl (C=O) groups is 1. The minimum absolute atomic E-state index is 0.0827. The van der Waals surface area contributed by atoms with E-state index >= 15 is 0 Å². The zero-order valence-electron chi connectivity index (χ0n) is 12.7. The minimum atomic E-state index is 0.0827. The van der Waals surface area contributed by atoms with Crippen molar-refractivity contribution < 1.29 is 4.79 Å². The van der Waals surface area contributed by atoms with Gasteiger partial charge in [-0.2, -0.15) is 0 Å². The third kappa shape index (κ3) is 3.01. The van der Waals surface area contributed by atoms with Crippen LogP contribution in [0.5, 0.6) is 0 Å². The van der Waals surface area contributed by atoms with Crippen molar-refractivity contribution >= 4 is 28.8 Å². The summed E-state index contributed by atoms with van der Waals surface area (Å²) in [6.45, 7) is 4.80. The molecular formula is C17H18ClN3OS. The SMILES string of the molecule is O=C(c1cscn1)N1CCC2(CN(Cc3ccc(Cl)cc3)C2)C1. The van der Waals surface area contributed by atoms with Crippen molar-refractivity contribution in [3.8, 4) is 0 Å². The Balaban J connectivity index is 1.33. The van der Waals surface area contributed by atoms with Gasteiger partial charge in [-0.3, -0.25) is 9.69 Å². The standard InChI is InChI=1S/C17H18ClN3OS/c18-14-3-1-13(2-4-14)7-20-9-17(10-20)5-6-21(11-17)16(22)15-8-23-12-19-15/h1-4,8,12H,5-7,9-11H2. The van der Waals surface area contributed by atoms with Gasteiger partial charge >= 0.3 is 0 Å². The minimum Gasteiger partial charge on any atom is -0.337 e. The molecule has 2 aliphatic rings.